The molecule has 0 radical (unpaired) electrons. The van der Waals surface area contributed by atoms with E-state index in [1.54, 1.807) is 11.8 Å². The second-order valence-corrected chi connectivity index (χ2v) is 8.49. The molecule has 1 heterocycles. The number of rotatable bonds is 5. The van der Waals surface area contributed by atoms with E-state index in [0.717, 1.165) is 40.6 Å². The van der Waals surface area contributed by atoms with Gasteiger partial charge in [0.1, 0.15) is 11.4 Å². The molecule has 2 atom stereocenters. The van der Waals surface area contributed by atoms with Crippen molar-refractivity contribution < 1.29 is 19.4 Å². The third kappa shape index (κ3) is 4.09. The molecule has 152 valence electrons. The van der Waals surface area contributed by atoms with Gasteiger partial charge in [-0.3, -0.25) is 4.90 Å². The van der Waals surface area contributed by atoms with Crippen LogP contribution in [0.3, 0.4) is 0 Å². The van der Waals surface area contributed by atoms with E-state index in [-0.39, 0.29) is 5.92 Å². The maximum absolute atomic E-state index is 12.9. The number of unbranched alkanes of at least 4 members (excludes halogenated alkanes) is 1. The van der Waals surface area contributed by atoms with Crippen LogP contribution < -0.4 is 9.64 Å². The van der Waals surface area contributed by atoms with Gasteiger partial charge >= 0.3 is 6.09 Å². The van der Waals surface area contributed by atoms with Crippen molar-refractivity contribution in [3.63, 3.8) is 0 Å². The summed E-state index contributed by atoms with van der Waals surface area (Å²) in [5, 5.41) is 12.4. The van der Waals surface area contributed by atoms with Crippen LogP contribution in [-0.2, 0) is 4.74 Å². The van der Waals surface area contributed by atoms with Crippen LogP contribution in [0.25, 0.3) is 10.8 Å². The lowest BCUT2D eigenvalue weighted by Gasteiger charge is -2.25. The van der Waals surface area contributed by atoms with Gasteiger partial charge in [0.15, 0.2) is 0 Å². The molecule has 5 heteroatoms. The van der Waals surface area contributed by atoms with Gasteiger partial charge < -0.3 is 14.6 Å². The summed E-state index contributed by atoms with van der Waals surface area (Å²) >= 11 is 0. The minimum atomic E-state index is -0.586. The number of aliphatic hydroxyl groups is 1. The first-order valence-corrected chi connectivity index (χ1v) is 10.1. The minimum absolute atomic E-state index is 0.169. The fourth-order valence-electron chi connectivity index (χ4n) is 3.68. The average Bonchev–Trinajstić information content (AvgIpc) is 3.00. The Kier molecular flexibility index (Phi) is 5.84. The molecule has 0 saturated carbocycles. The number of nitrogens with zero attached hydrogens (tertiary/aromatic N) is 1. The maximum atomic E-state index is 12.9. The Morgan fingerprint density at radius 3 is 2.57 bits per heavy atom. The van der Waals surface area contributed by atoms with E-state index >= 15 is 0 Å². The molecular formula is C23H31NO4. The summed E-state index contributed by atoms with van der Waals surface area (Å²) in [6, 6.07) is 9.97. The lowest BCUT2D eigenvalue weighted by molar-refractivity contribution is 0.0577. The SMILES string of the molecule is CCCCOc1cc2c(c3ccccc13)[C@H](C(C)O)CN2C(=O)OC(C)(C)C. The molecule has 0 bridgehead atoms. The number of aliphatic hydroxyl groups excluding tert-OH is 1. The normalized spacial score (nSPS) is 17.5. The van der Waals surface area contributed by atoms with Crippen LogP contribution in [0.2, 0.25) is 0 Å². The smallest absolute Gasteiger partial charge is 0.414 e. The third-order valence-corrected chi connectivity index (χ3v) is 5.02. The Labute approximate surface area is 167 Å². The molecule has 0 aromatic heterocycles. The zero-order valence-electron chi connectivity index (χ0n) is 17.5. The van der Waals surface area contributed by atoms with Crippen molar-refractivity contribution in [2.45, 2.75) is 65.1 Å². The van der Waals surface area contributed by atoms with Crippen LogP contribution in [0.5, 0.6) is 5.75 Å². The van der Waals surface area contributed by atoms with Crippen molar-refractivity contribution in [3.05, 3.63) is 35.9 Å². The van der Waals surface area contributed by atoms with Crippen molar-refractivity contribution >= 4 is 22.6 Å². The highest BCUT2D eigenvalue weighted by Crippen LogP contribution is 2.46. The largest absolute Gasteiger partial charge is 0.493 e. The zero-order chi connectivity index (χ0) is 20.5. The number of amides is 1. The van der Waals surface area contributed by atoms with Gasteiger partial charge in [-0.05, 0) is 45.1 Å². The molecular weight excluding hydrogens is 354 g/mol. The molecule has 3 rings (SSSR count). The molecule has 2 aromatic carbocycles. The molecule has 1 aliphatic heterocycles. The lowest BCUT2D eigenvalue weighted by Crippen LogP contribution is -2.37. The number of hydrogen-bond donors (Lipinski definition) is 1. The van der Waals surface area contributed by atoms with E-state index in [9.17, 15) is 9.90 Å². The van der Waals surface area contributed by atoms with Crippen LogP contribution >= 0.6 is 0 Å². The molecule has 28 heavy (non-hydrogen) atoms. The number of ether oxygens (including phenoxy) is 2. The van der Waals surface area contributed by atoms with Gasteiger partial charge in [-0.15, -0.1) is 0 Å². The highest BCUT2D eigenvalue weighted by atomic mass is 16.6. The fourth-order valence-corrected chi connectivity index (χ4v) is 3.68. The zero-order valence-corrected chi connectivity index (χ0v) is 17.5. The van der Waals surface area contributed by atoms with E-state index in [4.69, 9.17) is 9.47 Å². The third-order valence-electron chi connectivity index (χ3n) is 5.02. The fraction of sp³-hybridized carbons (Fsp3) is 0.522. The highest BCUT2D eigenvalue weighted by molar-refractivity contribution is 6.02. The van der Waals surface area contributed by atoms with Crippen molar-refractivity contribution in [2.75, 3.05) is 18.1 Å². The predicted octanol–water partition coefficient (Wildman–Crippen LogP) is 5.24. The van der Waals surface area contributed by atoms with Crippen LogP contribution in [0.4, 0.5) is 10.5 Å². The average molecular weight is 386 g/mol. The number of benzene rings is 2. The summed E-state index contributed by atoms with van der Waals surface area (Å²) < 4.78 is 11.7. The van der Waals surface area contributed by atoms with E-state index in [0.29, 0.717) is 13.2 Å². The van der Waals surface area contributed by atoms with Crippen molar-refractivity contribution in [1.29, 1.82) is 0 Å². The van der Waals surface area contributed by atoms with Crippen molar-refractivity contribution in [3.8, 4) is 5.75 Å². The van der Waals surface area contributed by atoms with E-state index < -0.39 is 17.8 Å². The molecule has 0 fully saturated rings. The monoisotopic (exact) mass is 385 g/mol. The lowest BCUT2D eigenvalue weighted by atomic mass is 9.91. The predicted molar refractivity (Wildman–Crippen MR) is 112 cm³/mol. The van der Waals surface area contributed by atoms with Gasteiger partial charge in [0.2, 0.25) is 0 Å². The maximum Gasteiger partial charge on any atom is 0.414 e. The Hall–Kier alpha value is -2.27. The minimum Gasteiger partial charge on any atom is -0.493 e. The van der Waals surface area contributed by atoms with Crippen LogP contribution in [-0.4, -0.2) is 36.1 Å². The first-order valence-electron chi connectivity index (χ1n) is 10.1. The molecule has 0 spiro atoms. The van der Waals surface area contributed by atoms with Gasteiger partial charge in [-0.2, -0.15) is 0 Å². The first kappa shape index (κ1) is 20.5. The number of fused-ring (bicyclic) bond motifs is 3. The highest BCUT2D eigenvalue weighted by Gasteiger charge is 2.39. The first-order chi connectivity index (χ1) is 13.2. The molecule has 1 amide bonds. The van der Waals surface area contributed by atoms with Gasteiger partial charge in [-0.25, -0.2) is 4.79 Å². The molecule has 2 aromatic rings. The molecule has 1 aliphatic rings. The summed E-state index contributed by atoms with van der Waals surface area (Å²) in [6.45, 7) is 10.5. The van der Waals surface area contributed by atoms with Crippen LogP contribution in [0.1, 0.15) is 58.9 Å². The van der Waals surface area contributed by atoms with Crippen LogP contribution in [0, 0.1) is 0 Å². The van der Waals surface area contributed by atoms with Gasteiger partial charge in [0.25, 0.3) is 0 Å². The van der Waals surface area contributed by atoms with E-state index in [2.05, 4.69) is 6.92 Å². The Morgan fingerprint density at radius 2 is 1.96 bits per heavy atom. The molecule has 1 unspecified atom stereocenters. The van der Waals surface area contributed by atoms with Gasteiger partial charge in [0, 0.05) is 23.9 Å². The quantitative estimate of drug-likeness (QED) is 0.715. The number of carbonyl (C=O) groups is 1. The summed E-state index contributed by atoms with van der Waals surface area (Å²) in [4.78, 5) is 14.5. The van der Waals surface area contributed by atoms with E-state index in [1.165, 1.54) is 0 Å². The Balaban J connectivity index is 2.12. The Morgan fingerprint density at radius 1 is 1.29 bits per heavy atom. The Bertz CT molecular complexity index is 854. The van der Waals surface area contributed by atoms with Gasteiger partial charge in [-0.1, -0.05) is 37.6 Å². The van der Waals surface area contributed by atoms with Crippen LogP contribution in [0.15, 0.2) is 30.3 Å². The molecule has 5 nitrogen and oxygen atoms in total. The van der Waals surface area contributed by atoms with Crippen molar-refractivity contribution in [1.82, 2.24) is 0 Å². The van der Waals surface area contributed by atoms with E-state index in [1.807, 2.05) is 51.1 Å². The summed E-state index contributed by atoms with van der Waals surface area (Å²) in [5.41, 5.74) is 1.17. The molecule has 0 aliphatic carbocycles. The van der Waals surface area contributed by atoms with Crippen molar-refractivity contribution in [2.24, 2.45) is 0 Å². The number of hydrogen-bond acceptors (Lipinski definition) is 4. The summed E-state index contributed by atoms with van der Waals surface area (Å²) in [7, 11) is 0. The number of carbonyl (C=O) groups excluding carboxylic acids is 1. The molecule has 0 saturated heterocycles. The summed E-state index contributed by atoms with van der Waals surface area (Å²) in [5.74, 6) is 0.597. The summed E-state index contributed by atoms with van der Waals surface area (Å²) in [6.07, 6.45) is 1.04. The van der Waals surface area contributed by atoms with Gasteiger partial charge in [0.05, 0.1) is 18.4 Å². The standard InChI is InChI=1S/C23H31NO4/c1-6-7-12-27-20-13-19-21(17-11-9-8-10-16(17)20)18(15(2)25)14-24(19)22(26)28-23(3,4)5/h8-11,13,15,18,25H,6-7,12,14H2,1-5H3/t15?,18-/m0/s1. The second kappa shape index (κ2) is 8.00. The molecule has 1 N–H and O–H groups in total. The topological polar surface area (TPSA) is 59.0 Å². The second-order valence-electron chi connectivity index (χ2n) is 8.49. The number of anilines is 1.